The van der Waals surface area contributed by atoms with Crippen LogP contribution in [0.2, 0.25) is 0 Å². The Hall–Kier alpha value is -0.240. The standard InChI is InChI=1S/C21H42O6/c22-19(23)17-15-13-11-9-7-5-3-1-2-4-6-8-10-12-14-16-18-20(24,25)21(19,26)27/h22-27H,1-18H2. The minimum Gasteiger partial charge on any atom is -0.361 e. The highest BCUT2D eigenvalue weighted by molar-refractivity contribution is 4.93. The summed E-state index contributed by atoms with van der Waals surface area (Å²) >= 11 is 0. The molecule has 0 bridgehead atoms. The summed E-state index contributed by atoms with van der Waals surface area (Å²) in [6, 6.07) is 0. The summed E-state index contributed by atoms with van der Waals surface area (Å²) < 4.78 is 0. The molecule has 0 saturated heterocycles. The van der Waals surface area contributed by atoms with E-state index in [-0.39, 0.29) is 12.8 Å². The van der Waals surface area contributed by atoms with Crippen molar-refractivity contribution in [3.63, 3.8) is 0 Å². The van der Waals surface area contributed by atoms with Crippen LogP contribution >= 0.6 is 0 Å². The van der Waals surface area contributed by atoms with E-state index in [1.165, 1.54) is 51.4 Å². The van der Waals surface area contributed by atoms with E-state index in [9.17, 15) is 30.6 Å². The van der Waals surface area contributed by atoms with Gasteiger partial charge in [0.15, 0.2) is 0 Å². The Morgan fingerprint density at radius 3 is 0.704 bits per heavy atom. The van der Waals surface area contributed by atoms with E-state index in [4.69, 9.17) is 0 Å². The third-order valence-electron chi connectivity index (χ3n) is 5.92. The Morgan fingerprint density at radius 2 is 0.481 bits per heavy atom. The van der Waals surface area contributed by atoms with Gasteiger partial charge in [-0.25, -0.2) is 0 Å². The zero-order valence-corrected chi connectivity index (χ0v) is 16.9. The molecular weight excluding hydrogens is 348 g/mol. The lowest BCUT2D eigenvalue weighted by Crippen LogP contribution is -2.68. The summed E-state index contributed by atoms with van der Waals surface area (Å²) in [6.45, 7) is 0. The van der Waals surface area contributed by atoms with Crippen LogP contribution in [0.4, 0.5) is 0 Å². The van der Waals surface area contributed by atoms with Gasteiger partial charge in [0.1, 0.15) is 0 Å². The molecule has 1 saturated carbocycles. The molecule has 0 spiro atoms. The Labute approximate surface area is 164 Å². The van der Waals surface area contributed by atoms with Crippen LogP contribution in [-0.4, -0.2) is 48.0 Å². The van der Waals surface area contributed by atoms with Crippen molar-refractivity contribution in [2.45, 2.75) is 133 Å². The molecule has 27 heavy (non-hydrogen) atoms. The molecule has 0 amide bonds. The maximum Gasteiger partial charge on any atom is 0.274 e. The molecule has 1 aliphatic carbocycles. The van der Waals surface area contributed by atoms with Gasteiger partial charge in [-0.1, -0.05) is 89.9 Å². The first kappa shape index (κ1) is 24.8. The van der Waals surface area contributed by atoms with Gasteiger partial charge in [0.05, 0.1) is 0 Å². The van der Waals surface area contributed by atoms with Gasteiger partial charge in [-0.3, -0.25) is 0 Å². The molecule has 0 aromatic rings. The molecule has 0 heterocycles. The highest BCUT2D eigenvalue weighted by atomic mass is 16.7. The third-order valence-corrected chi connectivity index (χ3v) is 5.92. The molecule has 0 aliphatic heterocycles. The van der Waals surface area contributed by atoms with Gasteiger partial charge in [0.2, 0.25) is 11.6 Å². The summed E-state index contributed by atoms with van der Waals surface area (Å²) in [5.74, 6) is -9.32. The van der Waals surface area contributed by atoms with Gasteiger partial charge >= 0.3 is 0 Å². The van der Waals surface area contributed by atoms with E-state index < -0.39 is 17.4 Å². The average molecular weight is 391 g/mol. The highest BCUT2D eigenvalue weighted by Crippen LogP contribution is 2.35. The second-order valence-corrected chi connectivity index (χ2v) is 8.46. The molecule has 6 heteroatoms. The smallest absolute Gasteiger partial charge is 0.274 e. The van der Waals surface area contributed by atoms with Crippen molar-refractivity contribution in [3.05, 3.63) is 0 Å². The topological polar surface area (TPSA) is 121 Å². The summed E-state index contributed by atoms with van der Waals surface area (Å²) in [5.41, 5.74) is 0. The predicted molar refractivity (Wildman–Crippen MR) is 105 cm³/mol. The van der Waals surface area contributed by atoms with E-state index in [1.54, 1.807) is 0 Å². The maximum atomic E-state index is 10.1. The first-order valence-electron chi connectivity index (χ1n) is 11.0. The number of aliphatic hydroxyl groups is 6. The van der Waals surface area contributed by atoms with Crippen molar-refractivity contribution >= 4 is 0 Å². The van der Waals surface area contributed by atoms with Gasteiger partial charge < -0.3 is 30.6 Å². The Morgan fingerprint density at radius 1 is 0.296 bits per heavy atom. The first-order chi connectivity index (χ1) is 12.7. The van der Waals surface area contributed by atoms with Crippen molar-refractivity contribution in [1.82, 2.24) is 0 Å². The van der Waals surface area contributed by atoms with E-state index in [2.05, 4.69) is 0 Å². The molecule has 0 unspecified atom stereocenters. The Balaban J connectivity index is 2.56. The molecule has 1 aliphatic rings. The van der Waals surface area contributed by atoms with Crippen LogP contribution in [0.15, 0.2) is 0 Å². The second-order valence-electron chi connectivity index (χ2n) is 8.46. The molecule has 1 rings (SSSR count). The summed E-state index contributed by atoms with van der Waals surface area (Å²) in [7, 11) is 0. The molecule has 6 N–H and O–H groups in total. The molecule has 0 radical (unpaired) electrons. The van der Waals surface area contributed by atoms with Gasteiger partial charge in [0.25, 0.3) is 5.79 Å². The van der Waals surface area contributed by atoms with Crippen LogP contribution in [0, 0.1) is 0 Å². The fraction of sp³-hybridized carbons (Fsp3) is 1.00. The molecule has 1 fully saturated rings. The van der Waals surface area contributed by atoms with Crippen LogP contribution in [-0.2, 0) is 0 Å². The van der Waals surface area contributed by atoms with E-state index >= 15 is 0 Å². The van der Waals surface area contributed by atoms with Crippen LogP contribution in [0.25, 0.3) is 0 Å². The third kappa shape index (κ3) is 8.75. The van der Waals surface area contributed by atoms with Crippen LogP contribution in [0.1, 0.15) is 116 Å². The van der Waals surface area contributed by atoms with E-state index in [0.717, 1.165) is 38.5 Å². The minimum absolute atomic E-state index is 0.317. The molecular formula is C21H42O6. The van der Waals surface area contributed by atoms with Gasteiger partial charge in [-0.2, -0.15) is 0 Å². The largest absolute Gasteiger partial charge is 0.361 e. The number of hydrogen-bond donors (Lipinski definition) is 6. The van der Waals surface area contributed by atoms with Crippen molar-refractivity contribution in [2.24, 2.45) is 0 Å². The van der Waals surface area contributed by atoms with E-state index in [0.29, 0.717) is 12.8 Å². The lowest BCUT2D eigenvalue weighted by atomic mass is 9.88. The molecule has 162 valence electrons. The second kappa shape index (κ2) is 12.3. The minimum atomic E-state index is -3.39. The molecule has 0 aromatic heterocycles. The maximum absolute atomic E-state index is 10.1. The van der Waals surface area contributed by atoms with Crippen LogP contribution in [0.3, 0.4) is 0 Å². The Kier molecular flexibility index (Phi) is 11.3. The van der Waals surface area contributed by atoms with Gasteiger partial charge in [-0.05, 0) is 12.8 Å². The number of rotatable bonds is 0. The lowest BCUT2D eigenvalue weighted by molar-refractivity contribution is -0.454. The highest BCUT2D eigenvalue weighted by Gasteiger charge is 2.60. The monoisotopic (exact) mass is 390 g/mol. The fourth-order valence-electron chi connectivity index (χ4n) is 3.89. The fourth-order valence-corrected chi connectivity index (χ4v) is 3.89. The summed E-state index contributed by atoms with van der Waals surface area (Å²) in [6.07, 6.45) is 15.6. The number of hydrogen-bond acceptors (Lipinski definition) is 6. The normalized spacial score (nSPS) is 27.3. The molecule has 0 atom stereocenters. The van der Waals surface area contributed by atoms with Crippen LogP contribution < -0.4 is 0 Å². The SMILES string of the molecule is OC1(O)CCCCCCCCCCCCCCCCCCC(O)(O)C1(O)O. The lowest BCUT2D eigenvalue weighted by Gasteiger charge is -2.43. The van der Waals surface area contributed by atoms with Crippen molar-refractivity contribution < 1.29 is 30.6 Å². The van der Waals surface area contributed by atoms with Crippen molar-refractivity contribution in [1.29, 1.82) is 0 Å². The summed E-state index contributed by atoms with van der Waals surface area (Å²) in [4.78, 5) is 0. The summed E-state index contributed by atoms with van der Waals surface area (Å²) in [5, 5.41) is 60.4. The van der Waals surface area contributed by atoms with Gasteiger partial charge in [0, 0.05) is 12.8 Å². The first-order valence-corrected chi connectivity index (χ1v) is 11.0. The molecule has 6 nitrogen and oxygen atoms in total. The van der Waals surface area contributed by atoms with Gasteiger partial charge in [-0.15, -0.1) is 0 Å². The van der Waals surface area contributed by atoms with Crippen LogP contribution in [0.5, 0.6) is 0 Å². The van der Waals surface area contributed by atoms with Crippen molar-refractivity contribution in [3.8, 4) is 0 Å². The Bertz CT molecular complexity index is 347. The quantitative estimate of drug-likeness (QED) is 0.354. The average Bonchev–Trinajstić information content (AvgIpc) is 2.59. The van der Waals surface area contributed by atoms with E-state index in [1.807, 2.05) is 0 Å². The zero-order valence-electron chi connectivity index (χ0n) is 16.9. The van der Waals surface area contributed by atoms with Crippen molar-refractivity contribution in [2.75, 3.05) is 0 Å². The predicted octanol–water partition coefficient (Wildman–Crippen LogP) is 3.06. The zero-order chi connectivity index (χ0) is 20.2. The molecule has 0 aromatic carbocycles.